The number of aryl methyl sites for hydroxylation is 2. The quantitative estimate of drug-likeness (QED) is 0.848. The van der Waals surface area contributed by atoms with Gasteiger partial charge in [0, 0.05) is 12.6 Å². The van der Waals surface area contributed by atoms with Gasteiger partial charge in [-0.25, -0.2) is 4.98 Å². The third-order valence-electron chi connectivity index (χ3n) is 2.89. The second-order valence-electron chi connectivity index (χ2n) is 4.06. The average molecular weight is 295 g/mol. The van der Waals surface area contributed by atoms with Crippen LogP contribution in [0.15, 0.2) is 22.8 Å². The molecule has 0 aliphatic rings. The van der Waals surface area contributed by atoms with Crippen molar-refractivity contribution in [3.8, 4) is 17.0 Å². The lowest BCUT2D eigenvalue weighted by atomic mass is 10.1. The molecule has 3 nitrogen and oxygen atoms in total. The van der Waals surface area contributed by atoms with Crippen LogP contribution in [0.5, 0.6) is 5.75 Å². The lowest BCUT2D eigenvalue weighted by Crippen LogP contribution is -1.97. The Labute approximate surface area is 110 Å². The lowest BCUT2D eigenvalue weighted by molar-refractivity contribution is 0.416. The molecule has 0 saturated heterocycles. The zero-order chi connectivity index (χ0) is 12.6. The van der Waals surface area contributed by atoms with E-state index in [0.717, 1.165) is 27.4 Å². The molecule has 0 fully saturated rings. The van der Waals surface area contributed by atoms with Crippen molar-refractivity contribution in [2.75, 3.05) is 7.11 Å². The predicted octanol–water partition coefficient (Wildman–Crippen LogP) is 3.48. The summed E-state index contributed by atoms with van der Waals surface area (Å²) in [6.45, 7) is 4.05. The van der Waals surface area contributed by atoms with Gasteiger partial charge in [-0.1, -0.05) is 11.6 Å². The van der Waals surface area contributed by atoms with Gasteiger partial charge in [0.1, 0.15) is 16.2 Å². The number of imidazole rings is 1. The predicted molar refractivity (Wildman–Crippen MR) is 72.4 cm³/mol. The molecule has 0 unspecified atom stereocenters. The first-order valence-corrected chi connectivity index (χ1v) is 6.17. The molecule has 2 aromatic rings. The fourth-order valence-electron chi connectivity index (χ4n) is 1.87. The molecule has 0 saturated carbocycles. The summed E-state index contributed by atoms with van der Waals surface area (Å²) in [5, 5.41) is 0. The van der Waals surface area contributed by atoms with E-state index in [1.807, 2.05) is 26.1 Å². The number of methoxy groups -OCH3 is 1. The summed E-state index contributed by atoms with van der Waals surface area (Å²) in [7, 11) is 3.69. The second-order valence-corrected chi connectivity index (χ2v) is 4.81. The number of ether oxygens (including phenoxy) is 1. The molecule has 17 heavy (non-hydrogen) atoms. The molecule has 0 atom stereocenters. The van der Waals surface area contributed by atoms with Crippen LogP contribution in [-0.2, 0) is 7.05 Å². The molecule has 4 heteroatoms. The van der Waals surface area contributed by atoms with Gasteiger partial charge in [-0.05, 0) is 41.9 Å². The molecule has 1 heterocycles. The highest BCUT2D eigenvalue weighted by atomic mass is 79.9. The van der Waals surface area contributed by atoms with Crippen LogP contribution in [0.3, 0.4) is 0 Å². The third kappa shape index (κ3) is 2.09. The van der Waals surface area contributed by atoms with Gasteiger partial charge in [0.05, 0.1) is 12.8 Å². The van der Waals surface area contributed by atoms with E-state index in [4.69, 9.17) is 4.74 Å². The number of halogens is 1. The number of hydrogen-bond donors (Lipinski definition) is 0. The molecule has 2 rings (SSSR count). The first kappa shape index (κ1) is 12.2. The molecule has 0 N–H and O–H groups in total. The van der Waals surface area contributed by atoms with Gasteiger partial charge in [0.15, 0.2) is 0 Å². The Kier molecular flexibility index (Phi) is 3.24. The van der Waals surface area contributed by atoms with Crippen LogP contribution >= 0.6 is 15.9 Å². The van der Waals surface area contributed by atoms with Gasteiger partial charge in [-0.2, -0.15) is 0 Å². The van der Waals surface area contributed by atoms with E-state index in [9.17, 15) is 0 Å². The topological polar surface area (TPSA) is 27.1 Å². The van der Waals surface area contributed by atoms with E-state index in [1.165, 1.54) is 5.56 Å². The van der Waals surface area contributed by atoms with Crippen LogP contribution in [0.25, 0.3) is 11.3 Å². The highest BCUT2D eigenvalue weighted by Crippen LogP contribution is 2.35. The number of aromatic nitrogens is 2. The van der Waals surface area contributed by atoms with Crippen molar-refractivity contribution in [3.05, 3.63) is 34.2 Å². The number of benzene rings is 1. The van der Waals surface area contributed by atoms with Crippen molar-refractivity contribution in [1.29, 1.82) is 0 Å². The van der Waals surface area contributed by atoms with Crippen LogP contribution in [0, 0.1) is 13.8 Å². The summed E-state index contributed by atoms with van der Waals surface area (Å²) in [6.07, 6.45) is 0. The average Bonchev–Trinajstić information content (AvgIpc) is 2.53. The molecular formula is C13H15BrN2O. The molecule has 0 aliphatic carbocycles. The summed E-state index contributed by atoms with van der Waals surface area (Å²) in [4.78, 5) is 4.42. The Morgan fingerprint density at radius 2 is 2.00 bits per heavy atom. The molecule has 0 radical (unpaired) electrons. The maximum Gasteiger partial charge on any atom is 0.132 e. The van der Waals surface area contributed by atoms with E-state index in [-0.39, 0.29) is 0 Å². The molecule has 0 aliphatic heterocycles. The minimum Gasteiger partial charge on any atom is -0.496 e. The Bertz CT molecular complexity index is 561. The van der Waals surface area contributed by atoms with Crippen LogP contribution in [-0.4, -0.2) is 16.7 Å². The summed E-state index contributed by atoms with van der Waals surface area (Å²) < 4.78 is 8.32. The van der Waals surface area contributed by atoms with E-state index in [1.54, 1.807) is 7.11 Å². The molecule has 0 spiro atoms. The summed E-state index contributed by atoms with van der Waals surface area (Å²) in [5.41, 5.74) is 3.30. The van der Waals surface area contributed by atoms with E-state index < -0.39 is 0 Å². The highest BCUT2D eigenvalue weighted by Gasteiger charge is 2.16. The molecule has 0 bridgehead atoms. The Balaban J connectivity index is 2.71. The van der Waals surface area contributed by atoms with Crippen LogP contribution in [0.1, 0.15) is 11.4 Å². The van der Waals surface area contributed by atoms with Crippen LogP contribution < -0.4 is 4.74 Å². The van der Waals surface area contributed by atoms with Crippen molar-refractivity contribution >= 4 is 15.9 Å². The molecule has 0 amide bonds. The smallest absolute Gasteiger partial charge is 0.132 e. The number of hydrogen-bond acceptors (Lipinski definition) is 2. The van der Waals surface area contributed by atoms with E-state index in [0.29, 0.717) is 0 Å². The standard InChI is InChI=1S/C13H15BrN2O/c1-8-5-6-11(17-4)10(7-8)12-13(14)15-9(2)16(12)3/h5-7H,1-4H3. The maximum atomic E-state index is 5.41. The van der Waals surface area contributed by atoms with Gasteiger partial charge in [0.25, 0.3) is 0 Å². The molecule has 90 valence electrons. The van der Waals surface area contributed by atoms with Crippen molar-refractivity contribution in [1.82, 2.24) is 9.55 Å². The van der Waals surface area contributed by atoms with Gasteiger partial charge in [-0.3, -0.25) is 0 Å². The van der Waals surface area contributed by atoms with Crippen LogP contribution in [0.2, 0.25) is 0 Å². The molecule has 1 aromatic carbocycles. The SMILES string of the molecule is COc1ccc(C)cc1-c1c(Br)nc(C)n1C. The van der Waals surface area contributed by atoms with Gasteiger partial charge in [-0.15, -0.1) is 0 Å². The first-order chi connectivity index (χ1) is 8.04. The summed E-state index contributed by atoms with van der Waals surface area (Å²) in [6, 6.07) is 6.14. The minimum absolute atomic E-state index is 0.849. The highest BCUT2D eigenvalue weighted by molar-refractivity contribution is 9.10. The fourth-order valence-corrected chi connectivity index (χ4v) is 2.61. The Morgan fingerprint density at radius 3 is 2.53 bits per heavy atom. The van der Waals surface area contributed by atoms with E-state index >= 15 is 0 Å². The zero-order valence-corrected chi connectivity index (χ0v) is 12.0. The van der Waals surface area contributed by atoms with Crippen LogP contribution in [0.4, 0.5) is 0 Å². The minimum atomic E-state index is 0.849. The summed E-state index contributed by atoms with van der Waals surface area (Å²) in [5.74, 6) is 1.83. The largest absolute Gasteiger partial charge is 0.496 e. The van der Waals surface area contributed by atoms with Gasteiger partial charge < -0.3 is 9.30 Å². The fraction of sp³-hybridized carbons (Fsp3) is 0.308. The lowest BCUT2D eigenvalue weighted by Gasteiger charge is -2.11. The summed E-state index contributed by atoms with van der Waals surface area (Å²) >= 11 is 3.51. The van der Waals surface area contributed by atoms with Crippen molar-refractivity contribution in [2.45, 2.75) is 13.8 Å². The monoisotopic (exact) mass is 294 g/mol. The van der Waals surface area contributed by atoms with Crippen molar-refractivity contribution in [3.63, 3.8) is 0 Å². The Morgan fingerprint density at radius 1 is 1.29 bits per heavy atom. The normalized spacial score (nSPS) is 10.6. The van der Waals surface area contributed by atoms with Gasteiger partial charge >= 0.3 is 0 Å². The second kappa shape index (κ2) is 4.53. The number of nitrogens with zero attached hydrogens (tertiary/aromatic N) is 2. The number of rotatable bonds is 2. The van der Waals surface area contributed by atoms with Crippen molar-refractivity contribution in [2.24, 2.45) is 7.05 Å². The zero-order valence-electron chi connectivity index (χ0n) is 10.4. The Hall–Kier alpha value is -1.29. The van der Waals surface area contributed by atoms with Gasteiger partial charge in [0.2, 0.25) is 0 Å². The van der Waals surface area contributed by atoms with E-state index in [2.05, 4.69) is 38.5 Å². The maximum absolute atomic E-state index is 5.41. The molecule has 1 aromatic heterocycles. The third-order valence-corrected chi connectivity index (χ3v) is 3.44. The van der Waals surface area contributed by atoms with Crippen molar-refractivity contribution < 1.29 is 4.74 Å². The first-order valence-electron chi connectivity index (χ1n) is 5.38. The molecular weight excluding hydrogens is 280 g/mol.